The molecule has 2 aliphatic rings. The molecule has 3 amide bonds. The van der Waals surface area contributed by atoms with Gasteiger partial charge in [-0.05, 0) is 48.0 Å². The van der Waals surface area contributed by atoms with Crippen molar-refractivity contribution >= 4 is 39.4 Å². The van der Waals surface area contributed by atoms with Crippen molar-refractivity contribution in [2.75, 3.05) is 49.6 Å². The molecule has 0 bridgehead atoms. The summed E-state index contributed by atoms with van der Waals surface area (Å²) in [6, 6.07) is 13.3. The summed E-state index contributed by atoms with van der Waals surface area (Å²) in [6.07, 6.45) is 3.00. The number of carbonyl (C=O) groups is 2. The summed E-state index contributed by atoms with van der Waals surface area (Å²) in [5, 5.41) is 5.50. The SMILES string of the molecule is O=C(/C=C/c1ccc(S(=O)(=O)N2CCOCC2)cc1)Nc1ccc(N2CCNC2=O)cc1. The van der Waals surface area contributed by atoms with Crippen LogP contribution in [0.4, 0.5) is 16.2 Å². The van der Waals surface area contributed by atoms with Crippen LogP contribution in [0.15, 0.2) is 59.5 Å². The third-order valence-corrected chi connectivity index (χ3v) is 7.13. The summed E-state index contributed by atoms with van der Waals surface area (Å²) in [4.78, 5) is 25.8. The molecule has 168 valence electrons. The molecule has 0 unspecified atom stereocenters. The molecular formula is C22H24N4O5S. The number of carbonyl (C=O) groups excluding carboxylic acids is 2. The highest BCUT2D eigenvalue weighted by Gasteiger charge is 2.26. The minimum absolute atomic E-state index is 0.131. The number of amides is 3. The fraction of sp³-hybridized carbons (Fsp3) is 0.273. The topological polar surface area (TPSA) is 108 Å². The van der Waals surface area contributed by atoms with E-state index in [2.05, 4.69) is 10.6 Å². The van der Waals surface area contributed by atoms with Crippen molar-refractivity contribution in [1.29, 1.82) is 0 Å². The number of ether oxygens (including phenoxy) is 1. The Balaban J connectivity index is 1.35. The molecule has 2 aromatic carbocycles. The van der Waals surface area contributed by atoms with Crippen molar-refractivity contribution in [3.05, 3.63) is 60.2 Å². The monoisotopic (exact) mass is 456 g/mol. The molecule has 2 aliphatic heterocycles. The molecule has 0 saturated carbocycles. The van der Waals surface area contributed by atoms with Crippen LogP contribution >= 0.6 is 0 Å². The molecule has 2 fully saturated rings. The van der Waals surface area contributed by atoms with Gasteiger partial charge < -0.3 is 15.4 Å². The van der Waals surface area contributed by atoms with Crippen LogP contribution in [0.25, 0.3) is 6.08 Å². The van der Waals surface area contributed by atoms with Gasteiger partial charge in [0.1, 0.15) is 0 Å². The number of nitrogens with zero attached hydrogens (tertiary/aromatic N) is 2. The van der Waals surface area contributed by atoms with E-state index in [0.29, 0.717) is 50.6 Å². The standard InChI is InChI=1S/C22H24N4O5S/c27-21(24-18-4-6-19(7-5-18)26-12-11-23-22(26)28)10-3-17-1-8-20(9-2-17)32(29,30)25-13-15-31-16-14-25/h1-10H,11-16H2,(H,23,28)(H,24,27)/b10-3+. The molecule has 9 nitrogen and oxygen atoms in total. The Bertz CT molecular complexity index is 1110. The molecule has 0 aromatic heterocycles. The van der Waals surface area contributed by atoms with E-state index in [-0.39, 0.29) is 16.8 Å². The molecule has 4 rings (SSSR count). The molecule has 32 heavy (non-hydrogen) atoms. The number of hydrogen-bond donors (Lipinski definition) is 2. The average Bonchev–Trinajstić information content (AvgIpc) is 3.25. The molecule has 2 saturated heterocycles. The van der Waals surface area contributed by atoms with Gasteiger partial charge in [-0.15, -0.1) is 0 Å². The first-order chi connectivity index (χ1) is 15.4. The first-order valence-electron chi connectivity index (χ1n) is 10.3. The number of hydrogen-bond acceptors (Lipinski definition) is 5. The minimum atomic E-state index is -3.54. The average molecular weight is 457 g/mol. The highest BCUT2D eigenvalue weighted by atomic mass is 32.2. The van der Waals surface area contributed by atoms with Crippen molar-refractivity contribution in [3.63, 3.8) is 0 Å². The van der Waals surface area contributed by atoms with Gasteiger partial charge in [0.15, 0.2) is 0 Å². The third kappa shape index (κ3) is 4.98. The lowest BCUT2D eigenvalue weighted by Crippen LogP contribution is -2.40. The molecule has 0 atom stereocenters. The number of morpholine rings is 1. The van der Waals surface area contributed by atoms with Gasteiger partial charge in [-0.3, -0.25) is 9.69 Å². The van der Waals surface area contributed by atoms with Crippen molar-refractivity contribution < 1.29 is 22.7 Å². The second-order valence-electron chi connectivity index (χ2n) is 7.34. The second kappa shape index (κ2) is 9.51. The number of anilines is 2. The van der Waals surface area contributed by atoms with Crippen LogP contribution in [-0.2, 0) is 19.6 Å². The summed E-state index contributed by atoms with van der Waals surface area (Å²) in [5.41, 5.74) is 2.08. The molecular weight excluding hydrogens is 432 g/mol. The number of urea groups is 1. The Morgan fingerprint density at radius 2 is 1.69 bits per heavy atom. The molecule has 0 spiro atoms. The summed E-state index contributed by atoms with van der Waals surface area (Å²) < 4.78 is 31.9. The third-order valence-electron chi connectivity index (χ3n) is 5.22. The molecule has 0 aliphatic carbocycles. The van der Waals surface area contributed by atoms with E-state index in [1.165, 1.54) is 22.5 Å². The van der Waals surface area contributed by atoms with Crippen LogP contribution in [-0.4, -0.2) is 64.1 Å². The Kier molecular flexibility index (Phi) is 6.54. The van der Waals surface area contributed by atoms with Crippen molar-refractivity contribution in [3.8, 4) is 0 Å². The van der Waals surface area contributed by atoms with Crippen LogP contribution in [0.5, 0.6) is 0 Å². The van der Waals surface area contributed by atoms with Gasteiger partial charge in [0.05, 0.1) is 18.1 Å². The van der Waals surface area contributed by atoms with Crippen molar-refractivity contribution in [2.24, 2.45) is 0 Å². The quantitative estimate of drug-likeness (QED) is 0.646. The van der Waals surface area contributed by atoms with E-state index < -0.39 is 10.0 Å². The molecule has 10 heteroatoms. The first-order valence-corrected chi connectivity index (χ1v) is 11.7. The van der Waals surface area contributed by atoms with E-state index in [9.17, 15) is 18.0 Å². The molecule has 2 N–H and O–H groups in total. The predicted octanol–water partition coefficient (Wildman–Crippen LogP) is 1.89. The van der Waals surface area contributed by atoms with E-state index in [0.717, 1.165) is 5.69 Å². The summed E-state index contributed by atoms with van der Waals surface area (Å²) in [5.74, 6) is -0.318. The van der Waals surface area contributed by atoms with Crippen LogP contribution in [0.3, 0.4) is 0 Å². The van der Waals surface area contributed by atoms with E-state index in [1.54, 1.807) is 47.4 Å². The van der Waals surface area contributed by atoms with E-state index >= 15 is 0 Å². The summed E-state index contributed by atoms with van der Waals surface area (Å²) in [7, 11) is -3.54. The zero-order valence-corrected chi connectivity index (χ0v) is 18.2. The maximum absolute atomic E-state index is 12.7. The fourth-order valence-electron chi connectivity index (χ4n) is 3.49. The van der Waals surface area contributed by atoms with E-state index in [4.69, 9.17) is 4.74 Å². The van der Waals surface area contributed by atoms with Gasteiger partial charge in [-0.2, -0.15) is 4.31 Å². The van der Waals surface area contributed by atoms with Crippen LogP contribution < -0.4 is 15.5 Å². The lowest BCUT2D eigenvalue weighted by atomic mass is 10.2. The highest BCUT2D eigenvalue weighted by molar-refractivity contribution is 7.89. The van der Waals surface area contributed by atoms with Gasteiger partial charge in [0.2, 0.25) is 15.9 Å². The van der Waals surface area contributed by atoms with Crippen LogP contribution in [0.1, 0.15) is 5.56 Å². The maximum Gasteiger partial charge on any atom is 0.321 e. The van der Waals surface area contributed by atoms with Gasteiger partial charge in [0, 0.05) is 43.6 Å². The zero-order valence-electron chi connectivity index (χ0n) is 17.4. The lowest BCUT2D eigenvalue weighted by molar-refractivity contribution is -0.111. The van der Waals surface area contributed by atoms with Gasteiger partial charge >= 0.3 is 6.03 Å². The molecule has 2 heterocycles. The lowest BCUT2D eigenvalue weighted by Gasteiger charge is -2.26. The normalized spacial score (nSPS) is 17.5. The van der Waals surface area contributed by atoms with Crippen molar-refractivity contribution in [1.82, 2.24) is 9.62 Å². The Morgan fingerprint density at radius 3 is 2.31 bits per heavy atom. The van der Waals surface area contributed by atoms with Gasteiger partial charge in [0.25, 0.3) is 0 Å². The van der Waals surface area contributed by atoms with Crippen LogP contribution in [0.2, 0.25) is 0 Å². The number of rotatable bonds is 6. The number of nitrogens with one attached hydrogen (secondary N) is 2. The number of sulfonamides is 1. The first kappa shape index (κ1) is 22.0. The van der Waals surface area contributed by atoms with Gasteiger partial charge in [-0.25, -0.2) is 13.2 Å². The molecule has 0 radical (unpaired) electrons. The summed E-state index contributed by atoms with van der Waals surface area (Å²) >= 11 is 0. The highest BCUT2D eigenvalue weighted by Crippen LogP contribution is 2.20. The number of benzene rings is 2. The maximum atomic E-state index is 12.7. The zero-order chi connectivity index (χ0) is 22.6. The minimum Gasteiger partial charge on any atom is -0.379 e. The van der Waals surface area contributed by atoms with E-state index in [1.807, 2.05) is 0 Å². The van der Waals surface area contributed by atoms with Crippen LogP contribution in [0, 0.1) is 0 Å². The smallest absolute Gasteiger partial charge is 0.321 e. The van der Waals surface area contributed by atoms with Gasteiger partial charge in [-0.1, -0.05) is 12.1 Å². The predicted molar refractivity (Wildman–Crippen MR) is 121 cm³/mol. The second-order valence-corrected chi connectivity index (χ2v) is 9.28. The van der Waals surface area contributed by atoms with Crippen molar-refractivity contribution in [2.45, 2.75) is 4.90 Å². The Morgan fingerprint density at radius 1 is 1.00 bits per heavy atom. The largest absolute Gasteiger partial charge is 0.379 e. The summed E-state index contributed by atoms with van der Waals surface area (Å²) in [6.45, 7) is 2.70. The Labute approximate surface area is 186 Å². The Hall–Kier alpha value is -3.21. The fourth-order valence-corrected chi connectivity index (χ4v) is 4.89. The molecule has 2 aromatic rings.